The van der Waals surface area contributed by atoms with Crippen LogP contribution >= 0.6 is 0 Å². The molecule has 1 heterocycles. The number of carbonyl (C=O) groups is 2. The highest BCUT2D eigenvalue weighted by molar-refractivity contribution is 7.92. The van der Waals surface area contributed by atoms with E-state index in [2.05, 4.69) is 5.32 Å². The topological polar surface area (TPSA) is 86.8 Å². The van der Waals surface area contributed by atoms with Crippen LogP contribution in [0.4, 0.5) is 10.1 Å². The molecular formula is C14H18FN3O4S. The molecule has 0 radical (unpaired) electrons. The molecule has 1 N–H and O–H groups in total. The van der Waals surface area contributed by atoms with Gasteiger partial charge in [-0.3, -0.25) is 13.9 Å². The molecule has 1 saturated heterocycles. The number of anilines is 1. The lowest BCUT2D eigenvalue weighted by molar-refractivity contribution is -0.129. The van der Waals surface area contributed by atoms with Gasteiger partial charge in [0.15, 0.2) is 0 Å². The Morgan fingerprint density at radius 2 is 2.13 bits per heavy atom. The maximum absolute atomic E-state index is 13.3. The van der Waals surface area contributed by atoms with Crippen molar-refractivity contribution in [3.8, 4) is 0 Å². The zero-order valence-electron chi connectivity index (χ0n) is 12.7. The normalized spacial score (nSPS) is 15.7. The third-order valence-corrected chi connectivity index (χ3v) is 4.58. The predicted octanol–water partition coefficient (Wildman–Crippen LogP) is -0.0598. The van der Waals surface area contributed by atoms with Gasteiger partial charge in [-0.2, -0.15) is 0 Å². The lowest BCUT2D eigenvalue weighted by Crippen LogP contribution is -2.43. The Hall–Kier alpha value is -2.16. The molecule has 9 heteroatoms. The molecule has 2 rings (SSSR count). The van der Waals surface area contributed by atoms with Gasteiger partial charge in [-0.1, -0.05) is 6.07 Å². The van der Waals surface area contributed by atoms with E-state index in [1.807, 2.05) is 0 Å². The second-order valence-electron chi connectivity index (χ2n) is 5.23. The van der Waals surface area contributed by atoms with Crippen molar-refractivity contribution < 1.29 is 22.4 Å². The van der Waals surface area contributed by atoms with Crippen molar-refractivity contribution in [2.24, 2.45) is 0 Å². The van der Waals surface area contributed by atoms with Gasteiger partial charge < -0.3 is 10.2 Å². The average Bonchev–Trinajstić information content (AvgIpc) is 2.68. The number of amides is 2. The van der Waals surface area contributed by atoms with Gasteiger partial charge in [0.05, 0.1) is 11.9 Å². The Morgan fingerprint density at radius 3 is 2.78 bits per heavy atom. The number of sulfonamides is 1. The fourth-order valence-electron chi connectivity index (χ4n) is 2.27. The van der Waals surface area contributed by atoms with E-state index in [4.69, 9.17) is 0 Å². The summed E-state index contributed by atoms with van der Waals surface area (Å²) in [6.45, 7) is 0.427. The van der Waals surface area contributed by atoms with Gasteiger partial charge in [0, 0.05) is 26.1 Å². The van der Waals surface area contributed by atoms with Crippen LogP contribution in [0.5, 0.6) is 0 Å². The van der Waals surface area contributed by atoms with Crippen LogP contribution in [-0.4, -0.2) is 57.6 Å². The van der Waals surface area contributed by atoms with Crippen LogP contribution in [0, 0.1) is 5.82 Å². The zero-order valence-corrected chi connectivity index (χ0v) is 13.5. The van der Waals surface area contributed by atoms with Crippen molar-refractivity contribution in [1.82, 2.24) is 10.2 Å². The van der Waals surface area contributed by atoms with Crippen LogP contribution < -0.4 is 9.62 Å². The van der Waals surface area contributed by atoms with E-state index in [9.17, 15) is 22.4 Å². The minimum Gasteiger partial charge on any atom is -0.354 e. The summed E-state index contributed by atoms with van der Waals surface area (Å²) in [5, 5.41) is 2.64. The summed E-state index contributed by atoms with van der Waals surface area (Å²) in [7, 11) is -3.75. The molecule has 1 aromatic rings. The van der Waals surface area contributed by atoms with E-state index in [0.717, 1.165) is 16.6 Å². The minimum atomic E-state index is -3.75. The molecule has 23 heavy (non-hydrogen) atoms. The fourth-order valence-corrected chi connectivity index (χ4v) is 3.11. The molecule has 1 aliphatic heterocycles. The van der Waals surface area contributed by atoms with Crippen molar-refractivity contribution in [2.75, 3.05) is 36.7 Å². The van der Waals surface area contributed by atoms with E-state index < -0.39 is 28.3 Å². The summed E-state index contributed by atoms with van der Waals surface area (Å²) in [6, 6.07) is 5.05. The first kappa shape index (κ1) is 17.2. The Bertz CT molecular complexity index is 708. The molecule has 0 unspecified atom stereocenters. The lowest BCUT2D eigenvalue weighted by Gasteiger charge is -2.26. The summed E-state index contributed by atoms with van der Waals surface area (Å²) < 4.78 is 38.1. The number of halogens is 1. The SMILES string of the molecule is CS(=O)(=O)N(CC(=O)N1CCNC(=O)CC1)c1cccc(F)c1. The third kappa shape index (κ3) is 4.65. The highest BCUT2D eigenvalue weighted by Gasteiger charge is 2.25. The molecule has 7 nitrogen and oxygen atoms in total. The molecule has 1 aromatic carbocycles. The van der Waals surface area contributed by atoms with E-state index in [-0.39, 0.29) is 24.6 Å². The van der Waals surface area contributed by atoms with Gasteiger partial charge >= 0.3 is 0 Å². The smallest absolute Gasteiger partial charge is 0.243 e. The van der Waals surface area contributed by atoms with E-state index in [1.54, 1.807) is 0 Å². The quantitative estimate of drug-likeness (QED) is 0.830. The maximum Gasteiger partial charge on any atom is 0.243 e. The Labute approximate surface area is 134 Å². The molecule has 0 aromatic heterocycles. The van der Waals surface area contributed by atoms with Gasteiger partial charge in [0.25, 0.3) is 0 Å². The molecule has 1 aliphatic rings. The summed E-state index contributed by atoms with van der Waals surface area (Å²) >= 11 is 0. The number of nitrogens with one attached hydrogen (secondary N) is 1. The number of nitrogens with zero attached hydrogens (tertiary/aromatic N) is 2. The molecule has 0 saturated carbocycles. The Balaban J connectivity index is 2.18. The van der Waals surface area contributed by atoms with E-state index in [0.29, 0.717) is 13.1 Å². The molecule has 1 fully saturated rings. The van der Waals surface area contributed by atoms with Gasteiger partial charge in [0.2, 0.25) is 21.8 Å². The van der Waals surface area contributed by atoms with Crippen molar-refractivity contribution >= 4 is 27.5 Å². The maximum atomic E-state index is 13.3. The monoisotopic (exact) mass is 343 g/mol. The van der Waals surface area contributed by atoms with Crippen LogP contribution in [-0.2, 0) is 19.6 Å². The predicted molar refractivity (Wildman–Crippen MR) is 82.8 cm³/mol. The summed E-state index contributed by atoms with van der Waals surface area (Å²) in [6.07, 6.45) is 1.13. The number of hydrogen-bond donors (Lipinski definition) is 1. The second kappa shape index (κ2) is 6.95. The highest BCUT2D eigenvalue weighted by Crippen LogP contribution is 2.18. The largest absolute Gasteiger partial charge is 0.354 e. The number of carbonyl (C=O) groups excluding carboxylic acids is 2. The first-order valence-electron chi connectivity index (χ1n) is 7.05. The minimum absolute atomic E-state index is 0.0878. The van der Waals surface area contributed by atoms with Gasteiger partial charge in [-0.15, -0.1) is 0 Å². The lowest BCUT2D eigenvalue weighted by atomic mass is 10.3. The number of benzene rings is 1. The Kier molecular flexibility index (Phi) is 5.19. The molecule has 0 atom stereocenters. The number of hydrogen-bond acceptors (Lipinski definition) is 4. The van der Waals surface area contributed by atoms with Crippen molar-refractivity contribution in [2.45, 2.75) is 6.42 Å². The van der Waals surface area contributed by atoms with E-state index >= 15 is 0 Å². The van der Waals surface area contributed by atoms with Crippen LogP contribution in [0.1, 0.15) is 6.42 Å². The van der Waals surface area contributed by atoms with Crippen LogP contribution in [0.2, 0.25) is 0 Å². The molecule has 126 valence electrons. The van der Waals surface area contributed by atoms with Crippen molar-refractivity contribution in [1.29, 1.82) is 0 Å². The zero-order chi connectivity index (χ0) is 17.0. The molecule has 0 aliphatic carbocycles. The van der Waals surface area contributed by atoms with Crippen molar-refractivity contribution in [3.05, 3.63) is 30.1 Å². The molecular weight excluding hydrogens is 325 g/mol. The molecule has 0 bridgehead atoms. The fraction of sp³-hybridized carbons (Fsp3) is 0.429. The van der Waals surface area contributed by atoms with Crippen molar-refractivity contribution in [3.63, 3.8) is 0 Å². The van der Waals surface area contributed by atoms with Crippen LogP contribution in [0.15, 0.2) is 24.3 Å². The average molecular weight is 343 g/mol. The standard InChI is InChI=1S/C14H18FN3O4S/c1-23(21,22)18(12-4-2-3-11(15)9-12)10-14(20)17-7-5-13(19)16-6-8-17/h2-4,9H,5-8,10H2,1H3,(H,16,19). The van der Waals surface area contributed by atoms with E-state index in [1.165, 1.54) is 23.1 Å². The van der Waals surface area contributed by atoms with Crippen LogP contribution in [0.3, 0.4) is 0 Å². The van der Waals surface area contributed by atoms with Gasteiger partial charge in [0.1, 0.15) is 12.4 Å². The molecule has 2 amide bonds. The van der Waals surface area contributed by atoms with Gasteiger partial charge in [-0.05, 0) is 18.2 Å². The first-order chi connectivity index (χ1) is 10.8. The first-order valence-corrected chi connectivity index (χ1v) is 8.90. The van der Waals surface area contributed by atoms with Gasteiger partial charge in [-0.25, -0.2) is 12.8 Å². The number of rotatable bonds is 4. The summed E-state index contributed by atoms with van der Waals surface area (Å²) in [5.41, 5.74) is 0.0878. The molecule has 0 spiro atoms. The van der Waals surface area contributed by atoms with Crippen LogP contribution in [0.25, 0.3) is 0 Å². The summed E-state index contributed by atoms with van der Waals surface area (Å²) in [5.74, 6) is -1.17. The highest BCUT2D eigenvalue weighted by atomic mass is 32.2. The third-order valence-electron chi connectivity index (χ3n) is 3.44. The second-order valence-corrected chi connectivity index (χ2v) is 7.14. The Morgan fingerprint density at radius 1 is 1.39 bits per heavy atom. The summed E-state index contributed by atoms with van der Waals surface area (Å²) in [4.78, 5) is 25.1.